The number of anilines is 1. The molecule has 1 aliphatic heterocycles. The second-order valence-electron chi connectivity index (χ2n) is 3.00. The molecule has 0 N–H and O–H groups in total. The van der Waals surface area contributed by atoms with E-state index in [4.69, 9.17) is 0 Å². The molecule has 0 bridgehead atoms. The van der Waals surface area contributed by atoms with E-state index in [1.807, 2.05) is 6.07 Å². The first-order valence-corrected chi connectivity index (χ1v) is 4.18. The minimum atomic E-state index is -0.153. The molecule has 0 atom stereocenters. The standard InChI is InChI=1S/C10H11FN/c11-9-4-3-5-10(8-9)12-6-1-2-7-12/h1,3-5,8H,2,6-7H2. The molecular weight excluding hydrogens is 153 g/mol. The first-order chi connectivity index (χ1) is 5.86. The lowest BCUT2D eigenvalue weighted by Crippen LogP contribution is -2.17. The molecule has 1 nitrogen and oxygen atoms in total. The molecule has 0 amide bonds. The molecule has 0 saturated carbocycles. The summed E-state index contributed by atoms with van der Waals surface area (Å²) in [5.74, 6) is -0.153. The van der Waals surface area contributed by atoms with Crippen LogP contribution in [0.25, 0.3) is 0 Å². The predicted molar refractivity (Wildman–Crippen MR) is 47.5 cm³/mol. The molecule has 1 heterocycles. The second-order valence-corrected chi connectivity index (χ2v) is 3.00. The number of nitrogens with zero attached hydrogens (tertiary/aromatic N) is 1. The Kier molecular flexibility index (Phi) is 1.98. The maximum Gasteiger partial charge on any atom is 0.125 e. The molecule has 1 aliphatic rings. The summed E-state index contributed by atoms with van der Waals surface area (Å²) in [6, 6.07) is 6.76. The van der Waals surface area contributed by atoms with Gasteiger partial charge in [0.15, 0.2) is 0 Å². The molecular formula is C10H11FN. The van der Waals surface area contributed by atoms with Crippen molar-refractivity contribution in [3.63, 3.8) is 0 Å². The molecule has 63 valence electrons. The van der Waals surface area contributed by atoms with Crippen molar-refractivity contribution in [2.75, 3.05) is 18.0 Å². The van der Waals surface area contributed by atoms with Gasteiger partial charge in [-0.2, -0.15) is 0 Å². The summed E-state index contributed by atoms with van der Waals surface area (Å²) in [5, 5.41) is 0. The van der Waals surface area contributed by atoms with Crippen LogP contribution in [0.2, 0.25) is 0 Å². The number of hydrogen-bond donors (Lipinski definition) is 0. The molecule has 1 radical (unpaired) electrons. The van der Waals surface area contributed by atoms with Crippen LogP contribution in [0, 0.1) is 12.2 Å². The highest BCUT2D eigenvalue weighted by Crippen LogP contribution is 2.19. The monoisotopic (exact) mass is 164 g/mol. The van der Waals surface area contributed by atoms with E-state index in [-0.39, 0.29) is 5.82 Å². The number of rotatable bonds is 1. The lowest BCUT2D eigenvalue weighted by Gasteiger charge is -2.16. The average Bonchev–Trinajstić information content (AvgIpc) is 2.56. The number of hydrogen-bond acceptors (Lipinski definition) is 1. The zero-order valence-corrected chi connectivity index (χ0v) is 6.83. The third kappa shape index (κ3) is 1.42. The molecule has 1 aromatic carbocycles. The summed E-state index contributed by atoms with van der Waals surface area (Å²) in [7, 11) is 0. The highest BCUT2D eigenvalue weighted by molar-refractivity contribution is 5.47. The Balaban J connectivity index is 2.21. The van der Waals surface area contributed by atoms with Crippen LogP contribution in [0.4, 0.5) is 10.1 Å². The van der Waals surface area contributed by atoms with Gasteiger partial charge in [-0.25, -0.2) is 4.39 Å². The van der Waals surface area contributed by atoms with E-state index >= 15 is 0 Å². The van der Waals surface area contributed by atoms with E-state index in [1.54, 1.807) is 12.1 Å². The Hall–Kier alpha value is -1.05. The van der Waals surface area contributed by atoms with Gasteiger partial charge in [-0.05, 0) is 31.0 Å². The summed E-state index contributed by atoms with van der Waals surface area (Å²) >= 11 is 0. The topological polar surface area (TPSA) is 3.24 Å². The van der Waals surface area contributed by atoms with Gasteiger partial charge >= 0.3 is 0 Å². The van der Waals surface area contributed by atoms with E-state index in [9.17, 15) is 4.39 Å². The quantitative estimate of drug-likeness (QED) is 0.615. The molecule has 0 spiro atoms. The Bertz CT molecular complexity index is 266. The maximum atomic E-state index is 12.8. The second kappa shape index (κ2) is 3.13. The molecule has 12 heavy (non-hydrogen) atoms. The van der Waals surface area contributed by atoms with Gasteiger partial charge in [0.1, 0.15) is 5.82 Å². The molecule has 0 aromatic heterocycles. The van der Waals surface area contributed by atoms with Crippen LogP contribution in [-0.4, -0.2) is 13.1 Å². The van der Waals surface area contributed by atoms with Crippen LogP contribution in [0.3, 0.4) is 0 Å². The predicted octanol–water partition coefficient (Wildman–Crippen LogP) is 2.24. The fraction of sp³-hybridized carbons (Fsp3) is 0.300. The van der Waals surface area contributed by atoms with Crippen LogP contribution < -0.4 is 4.90 Å². The fourth-order valence-electron chi connectivity index (χ4n) is 1.49. The molecule has 1 fully saturated rings. The Labute approximate surface area is 71.8 Å². The smallest absolute Gasteiger partial charge is 0.125 e. The van der Waals surface area contributed by atoms with Gasteiger partial charge in [-0.3, -0.25) is 0 Å². The highest BCUT2D eigenvalue weighted by atomic mass is 19.1. The van der Waals surface area contributed by atoms with E-state index < -0.39 is 0 Å². The Morgan fingerprint density at radius 3 is 2.92 bits per heavy atom. The van der Waals surface area contributed by atoms with Crippen molar-refractivity contribution in [1.82, 2.24) is 0 Å². The summed E-state index contributed by atoms with van der Waals surface area (Å²) in [5.41, 5.74) is 0.990. The summed E-state index contributed by atoms with van der Waals surface area (Å²) in [4.78, 5) is 2.17. The van der Waals surface area contributed by atoms with Gasteiger partial charge in [-0.1, -0.05) is 6.07 Å². The molecule has 0 unspecified atom stereocenters. The largest absolute Gasteiger partial charge is 0.371 e. The minimum absolute atomic E-state index is 0.153. The third-order valence-corrected chi connectivity index (χ3v) is 2.13. The van der Waals surface area contributed by atoms with E-state index in [2.05, 4.69) is 11.3 Å². The van der Waals surface area contributed by atoms with Crippen molar-refractivity contribution in [2.24, 2.45) is 0 Å². The van der Waals surface area contributed by atoms with E-state index in [0.29, 0.717) is 0 Å². The van der Waals surface area contributed by atoms with Crippen LogP contribution in [0.1, 0.15) is 6.42 Å². The summed E-state index contributed by atoms with van der Waals surface area (Å²) < 4.78 is 12.8. The fourth-order valence-corrected chi connectivity index (χ4v) is 1.49. The Morgan fingerprint density at radius 2 is 2.25 bits per heavy atom. The van der Waals surface area contributed by atoms with Crippen LogP contribution in [0.15, 0.2) is 24.3 Å². The Morgan fingerprint density at radius 1 is 1.33 bits per heavy atom. The van der Waals surface area contributed by atoms with Crippen molar-refractivity contribution < 1.29 is 4.39 Å². The van der Waals surface area contributed by atoms with E-state index in [0.717, 1.165) is 25.2 Å². The lowest BCUT2D eigenvalue weighted by molar-refractivity contribution is 0.627. The first-order valence-electron chi connectivity index (χ1n) is 4.18. The van der Waals surface area contributed by atoms with Gasteiger partial charge < -0.3 is 4.90 Å². The lowest BCUT2D eigenvalue weighted by atomic mass is 10.3. The molecule has 0 aliphatic carbocycles. The van der Waals surface area contributed by atoms with Crippen molar-refractivity contribution in [3.8, 4) is 0 Å². The van der Waals surface area contributed by atoms with Crippen LogP contribution in [-0.2, 0) is 0 Å². The number of halogens is 1. The van der Waals surface area contributed by atoms with Crippen molar-refractivity contribution in [2.45, 2.75) is 6.42 Å². The zero-order chi connectivity index (χ0) is 8.39. The molecule has 1 saturated heterocycles. The van der Waals surface area contributed by atoms with Gasteiger partial charge in [0.25, 0.3) is 0 Å². The zero-order valence-electron chi connectivity index (χ0n) is 6.83. The average molecular weight is 164 g/mol. The van der Waals surface area contributed by atoms with Crippen molar-refractivity contribution >= 4 is 5.69 Å². The normalized spacial score (nSPS) is 16.9. The van der Waals surface area contributed by atoms with Crippen molar-refractivity contribution in [3.05, 3.63) is 36.5 Å². The van der Waals surface area contributed by atoms with Gasteiger partial charge in [0.2, 0.25) is 0 Å². The molecule has 2 rings (SSSR count). The minimum Gasteiger partial charge on any atom is -0.371 e. The molecule has 2 heteroatoms. The van der Waals surface area contributed by atoms with Gasteiger partial charge in [-0.15, -0.1) is 0 Å². The maximum absolute atomic E-state index is 12.8. The van der Waals surface area contributed by atoms with Crippen LogP contribution >= 0.6 is 0 Å². The van der Waals surface area contributed by atoms with Gasteiger partial charge in [0, 0.05) is 18.8 Å². The van der Waals surface area contributed by atoms with Gasteiger partial charge in [0.05, 0.1) is 0 Å². The molecule has 1 aromatic rings. The highest BCUT2D eigenvalue weighted by Gasteiger charge is 2.12. The van der Waals surface area contributed by atoms with Crippen LogP contribution in [0.5, 0.6) is 0 Å². The number of benzene rings is 1. The third-order valence-electron chi connectivity index (χ3n) is 2.13. The first kappa shape index (κ1) is 7.59. The van der Waals surface area contributed by atoms with Crippen molar-refractivity contribution in [1.29, 1.82) is 0 Å². The van der Waals surface area contributed by atoms with E-state index in [1.165, 1.54) is 6.07 Å². The summed E-state index contributed by atoms with van der Waals surface area (Å²) in [6.07, 6.45) is 3.32. The summed E-state index contributed by atoms with van der Waals surface area (Å²) in [6.45, 7) is 1.97. The SMILES string of the molecule is Fc1cccc(N2C[CH]CC2)c1.